The molecule has 8 heteroatoms. The number of hydrogen-bond donors (Lipinski definition) is 0. The number of aromatic nitrogens is 1. The van der Waals surface area contributed by atoms with Crippen LogP contribution in [0.3, 0.4) is 0 Å². The summed E-state index contributed by atoms with van der Waals surface area (Å²) >= 11 is 6.47. The van der Waals surface area contributed by atoms with E-state index < -0.39 is 0 Å². The van der Waals surface area contributed by atoms with E-state index in [0.29, 0.717) is 5.02 Å². The predicted octanol–water partition coefficient (Wildman–Crippen LogP) is 0.0557. The minimum absolute atomic E-state index is 0. The summed E-state index contributed by atoms with van der Waals surface area (Å²) in [7, 11) is 0. The molecule has 0 unspecified atom stereocenters. The molecular weight excluding hydrogens is 607 g/mol. The van der Waals surface area contributed by atoms with Gasteiger partial charge in [-0.25, -0.2) is 4.98 Å². The molecule has 3 nitrogen and oxygen atoms in total. The molecule has 2 aromatic carbocycles. The molecule has 0 N–H and O–H groups in total. The Labute approximate surface area is 270 Å². The van der Waals surface area contributed by atoms with E-state index in [0.717, 1.165) is 74.1 Å². The summed E-state index contributed by atoms with van der Waals surface area (Å²) in [5, 5.41) is 0.633. The fourth-order valence-corrected chi connectivity index (χ4v) is 4.66. The molecule has 3 aromatic rings. The van der Waals surface area contributed by atoms with Gasteiger partial charge in [0, 0.05) is 5.02 Å². The van der Waals surface area contributed by atoms with Gasteiger partial charge in [-0.15, -0.1) is 0 Å². The van der Waals surface area contributed by atoms with E-state index in [-0.39, 0.29) is 55.8 Å². The van der Waals surface area contributed by atoms with Crippen molar-refractivity contribution in [1.29, 1.82) is 0 Å². The van der Waals surface area contributed by atoms with E-state index in [1.54, 1.807) is 0 Å². The Morgan fingerprint density at radius 1 is 0.615 bits per heavy atom. The van der Waals surface area contributed by atoms with Crippen molar-refractivity contribution in [1.82, 2.24) is 4.98 Å². The standard InChI is InChI=1S/C31H38ClN3.3ClH.V/c1-5-11-23-15-9-16-24(12-6-2)30(23)33-21-28-19-27(32)20-29(35-28)22-34-31-25(13-7-3)17-10-18-26(31)14-8-4;;;;/h9-10,15-22H,5-8,11-14H2,1-4H3;3*1H;/q;;;;+3/p-3. The summed E-state index contributed by atoms with van der Waals surface area (Å²) in [6.45, 7) is 8.81. The van der Waals surface area contributed by atoms with Crippen LogP contribution in [0.4, 0.5) is 11.4 Å². The van der Waals surface area contributed by atoms with Gasteiger partial charge in [0.05, 0.1) is 35.2 Å². The maximum Gasteiger partial charge on any atom is 3.00 e. The van der Waals surface area contributed by atoms with E-state index in [2.05, 4.69) is 64.1 Å². The third-order valence-electron chi connectivity index (χ3n) is 5.97. The second kappa shape index (κ2) is 21.4. The summed E-state index contributed by atoms with van der Waals surface area (Å²) < 4.78 is 0. The first-order valence-corrected chi connectivity index (χ1v) is 13.4. The average molecular weight is 645 g/mol. The number of pyridine rings is 1. The Bertz CT molecular complexity index is 1050. The van der Waals surface area contributed by atoms with Crippen molar-refractivity contribution >= 4 is 35.4 Å². The van der Waals surface area contributed by atoms with E-state index in [4.69, 9.17) is 26.6 Å². The van der Waals surface area contributed by atoms with Gasteiger partial charge in [-0.2, -0.15) is 0 Å². The van der Waals surface area contributed by atoms with Gasteiger partial charge in [0.2, 0.25) is 0 Å². The van der Waals surface area contributed by atoms with Crippen molar-refractivity contribution in [2.24, 2.45) is 9.98 Å². The number of halogens is 4. The summed E-state index contributed by atoms with van der Waals surface area (Å²) in [5.41, 5.74) is 8.77. The van der Waals surface area contributed by atoms with Gasteiger partial charge in [0.25, 0.3) is 0 Å². The Morgan fingerprint density at radius 2 is 0.923 bits per heavy atom. The van der Waals surface area contributed by atoms with Crippen LogP contribution in [0, 0.1) is 0 Å². The Kier molecular flexibility index (Phi) is 21.9. The van der Waals surface area contributed by atoms with Crippen LogP contribution in [0.25, 0.3) is 0 Å². The van der Waals surface area contributed by atoms with Crippen molar-refractivity contribution in [3.8, 4) is 0 Å². The first-order chi connectivity index (χ1) is 17.1. The average Bonchev–Trinajstić information content (AvgIpc) is 2.84. The molecule has 1 aromatic heterocycles. The smallest absolute Gasteiger partial charge is 1.00 e. The maximum absolute atomic E-state index is 6.47. The molecule has 0 saturated heterocycles. The summed E-state index contributed by atoms with van der Waals surface area (Å²) in [6, 6.07) is 16.7. The predicted molar refractivity (Wildman–Crippen MR) is 153 cm³/mol. The molecule has 0 atom stereocenters. The minimum atomic E-state index is 0. The molecule has 39 heavy (non-hydrogen) atoms. The fraction of sp³-hybridized carbons (Fsp3) is 0.387. The van der Waals surface area contributed by atoms with Crippen LogP contribution in [0.15, 0.2) is 58.5 Å². The molecule has 3 rings (SSSR count). The second-order valence-corrected chi connectivity index (χ2v) is 9.44. The van der Waals surface area contributed by atoms with Crippen molar-refractivity contribution in [3.63, 3.8) is 0 Å². The second-order valence-electron chi connectivity index (χ2n) is 9.00. The molecule has 0 spiro atoms. The molecule has 0 bridgehead atoms. The third kappa shape index (κ3) is 12.0. The molecule has 0 fully saturated rings. The molecule has 1 heterocycles. The monoisotopic (exact) mass is 643 g/mol. The van der Waals surface area contributed by atoms with Gasteiger partial charge in [-0.3, -0.25) is 9.98 Å². The molecular formula is C31H38Cl4N3V. The largest absolute Gasteiger partial charge is 3.00 e. The van der Waals surface area contributed by atoms with Crippen LogP contribution in [0.2, 0.25) is 5.02 Å². The van der Waals surface area contributed by atoms with E-state index in [1.807, 2.05) is 24.6 Å². The first kappa shape index (κ1) is 39.8. The fourth-order valence-electron chi connectivity index (χ4n) is 4.44. The Balaban J connectivity index is 0. The topological polar surface area (TPSA) is 37.6 Å². The minimum Gasteiger partial charge on any atom is -1.00 e. The maximum atomic E-state index is 6.47. The number of rotatable bonds is 12. The van der Waals surface area contributed by atoms with Gasteiger partial charge in [-0.1, -0.05) is 101 Å². The number of hydrogen-bond acceptors (Lipinski definition) is 3. The molecule has 0 amide bonds. The van der Waals surface area contributed by atoms with E-state index >= 15 is 0 Å². The SMILES string of the molecule is CCCc1cccc(CCC)c1N=Cc1cc(Cl)cc(C=Nc2c(CCC)cccc2CCC)n1.[Cl-].[Cl-].[Cl-].[V+3]. The number of para-hydroxylation sites is 2. The van der Waals surface area contributed by atoms with E-state index in [9.17, 15) is 0 Å². The van der Waals surface area contributed by atoms with Crippen LogP contribution in [0.5, 0.6) is 0 Å². The van der Waals surface area contributed by atoms with E-state index in [1.165, 1.54) is 22.3 Å². The third-order valence-corrected chi connectivity index (χ3v) is 6.18. The number of benzene rings is 2. The Morgan fingerprint density at radius 3 is 1.21 bits per heavy atom. The summed E-state index contributed by atoms with van der Waals surface area (Å²) in [4.78, 5) is 14.6. The zero-order chi connectivity index (χ0) is 25.0. The van der Waals surface area contributed by atoms with Crippen LogP contribution in [-0.2, 0) is 44.2 Å². The summed E-state index contributed by atoms with van der Waals surface area (Å²) in [5.74, 6) is 0. The van der Waals surface area contributed by atoms with Gasteiger partial charge in [-0.05, 0) is 60.1 Å². The number of aryl methyl sites for hydroxylation is 4. The first-order valence-electron chi connectivity index (χ1n) is 13.1. The zero-order valence-electron chi connectivity index (χ0n) is 23.2. The van der Waals surface area contributed by atoms with Crippen molar-refractivity contribution < 1.29 is 55.8 Å². The Hall–Kier alpha value is -1.33. The van der Waals surface area contributed by atoms with Crippen LogP contribution in [-0.4, -0.2) is 17.4 Å². The quantitative estimate of drug-likeness (QED) is 0.257. The molecule has 0 saturated carbocycles. The number of nitrogens with zero attached hydrogens (tertiary/aromatic N) is 3. The normalized spacial score (nSPS) is 10.5. The molecule has 0 radical (unpaired) electrons. The van der Waals surface area contributed by atoms with Crippen LogP contribution in [0.1, 0.15) is 87.0 Å². The van der Waals surface area contributed by atoms with Crippen molar-refractivity contribution in [3.05, 3.63) is 87.2 Å². The van der Waals surface area contributed by atoms with Gasteiger partial charge in [0.1, 0.15) is 0 Å². The number of aliphatic imine (C=N–C) groups is 2. The van der Waals surface area contributed by atoms with Crippen LogP contribution < -0.4 is 37.2 Å². The summed E-state index contributed by atoms with van der Waals surface area (Å²) in [6.07, 6.45) is 12.1. The molecule has 0 aliphatic rings. The van der Waals surface area contributed by atoms with Crippen LogP contribution >= 0.6 is 11.6 Å². The van der Waals surface area contributed by atoms with Gasteiger partial charge < -0.3 is 37.2 Å². The van der Waals surface area contributed by atoms with Crippen molar-refractivity contribution in [2.45, 2.75) is 79.1 Å². The van der Waals surface area contributed by atoms with Gasteiger partial charge in [0.15, 0.2) is 0 Å². The molecule has 210 valence electrons. The van der Waals surface area contributed by atoms with Crippen molar-refractivity contribution in [2.75, 3.05) is 0 Å². The van der Waals surface area contributed by atoms with Gasteiger partial charge >= 0.3 is 18.6 Å². The zero-order valence-corrected chi connectivity index (χ0v) is 27.7. The molecule has 0 aliphatic heterocycles. The molecule has 0 aliphatic carbocycles.